The first-order valence-corrected chi connectivity index (χ1v) is 9.67. The highest BCUT2D eigenvalue weighted by Gasteiger charge is 2.24. The Hall–Kier alpha value is -3.59. The van der Waals surface area contributed by atoms with Gasteiger partial charge in [-0.05, 0) is 67.1 Å². The van der Waals surface area contributed by atoms with Gasteiger partial charge in [-0.1, -0.05) is 18.2 Å². The van der Waals surface area contributed by atoms with Crippen molar-refractivity contribution in [3.8, 4) is 5.75 Å². The van der Waals surface area contributed by atoms with Crippen molar-refractivity contribution in [3.05, 3.63) is 64.1 Å². The molecular weight excluding hydrogens is 408 g/mol. The summed E-state index contributed by atoms with van der Waals surface area (Å²) in [5, 5.41) is 21.2. The van der Waals surface area contributed by atoms with Crippen LogP contribution in [0, 0.1) is 6.92 Å². The fourth-order valence-electron chi connectivity index (χ4n) is 2.59. The van der Waals surface area contributed by atoms with E-state index >= 15 is 0 Å². The number of benzene rings is 2. The minimum absolute atomic E-state index is 0.0396. The highest BCUT2D eigenvalue weighted by Crippen LogP contribution is 2.30. The average Bonchev–Trinajstić information content (AvgIpc) is 3.00. The number of rotatable bonds is 6. The van der Waals surface area contributed by atoms with E-state index in [1.165, 1.54) is 13.0 Å². The number of carboxylic acid groups (broad SMARTS) is 2. The molecule has 1 fully saturated rings. The van der Waals surface area contributed by atoms with Crippen LogP contribution in [0.15, 0.2) is 52.4 Å². The molecule has 0 aliphatic carbocycles. The Balaban J connectivity index is 1.84. The van der Waals surface area contributed by atoms with Crippen LogP contribution in [-0.2, 0) is 9.59 Å². The number of hydrogen-bond acceptors (Lipinski definition) is 6. The van der Waals surface area contributed by atoms with Gasteiger partial charge in [-0.2, -0.15) is 0 Å². The van der Waals surface area contributed by atoms with Crippen LogP contribution < -0.4 is 10.1 Å². The Labute approximate surface area is 176 Å². The van der Waals surface area contributed by atoms with Gasteiger partial charge in [0.15, 0.2) is 11.3 Å². The summed E-state index contributed by atoms with van der Waals surface area (Å²) in [4.78, 5) is 39.3. The van der Waals surface area contributed by atoms with Crippen LogP contribution in [0.25, 0.3) is 6.08 Å². The molecule has 8 nitrogen and oxygen atoms in total. The first-order valence-electron chi connectivity index (χ1n) is 8.86. The molecule has 2 aromatic rings. The van der Waals surface area contributed by atoms with Gasteiger partial charge >= 0.3 is 11.9 Å². The Morgan fingerprint density at radius 1 is 1.20 bits per heavy atom. The predicted molar refractivity (Wildman–Crippen MR) is 113 cm³/mol. The number of nitrogens with zero attached hydrogens (tertiary/aromatic N) is 1. The summed E-state index contributed by atoms with van der Waals surface area (Å²) >= 11 is 1.08. The first kappa shape index (κ1) is 21.1. The van der Waals surface area contributed by atoms with E-state index in [1.54, 1.807) is 42.5 Å². The van der Waals surface area contributed by atoms with Crippen molar-refractivity contribution in [2.24, 2.45) is 4.99 Å². The fraction of sp³-hybridized carbons (Fsp3) is 0.143. The average molecular weight is 426 g/mol. The number of nitrogens with one attached hydrogen (secondary N) is 1. The lowest BCUT2D eigenvalue weighted by molar-refractivity contribution is -0.144. The standard InChI is InChI=1S/C21H18N2O6S/c1-11-6-7-15(20(27)28)16(8-11)22-21-23-18(24)17(30-21)10-13-4-3-5-14(9-13)29-12(2)19(25)26/h3-10,12H,1-2H3,(H,25,26)(H,27,28)(H,22,23,24)/b17-10-. The number of aryl methyl sites for hydroxylation is 1. The van der Waals surface area contributed by atoms with Crippen LogP contribution in [0.1, 0.15) is 28.4 Å². The molecule has 1 saturated heterocycles. The number of aromatic carboxylic acids is 1. The SMILES string of the molecule is Cc1ccc(C(=O)O)c(N=C2NC(=O)/C(=C/c3cccc(OC(C)C(=O)O)c3)S2)c1. The Kier molecular flexibility index (Phi) is 6.22. The van der Waals surface area contributed by atoms with E-state index in [-0.39, 0.29) is 22.3 Å². The summed E-state index contributed by atoms with van der Waals surface area (Å²) in [6.07, 6.45) is 0.614. The molecule has 0 saturated carbocycles. The normalized spacial score (nSPS) is 17.1. The molecule has 0 bridgehead atoms. The van der Waals surface area contributed by atoms with Crippen LogP contribution in [-0.4, -0.2) is 39.3 Å². The molecule has 0 aromatic heterocycles. The van der Waals surface area contributed by atoms with Crippen molar-refractivity contribution in [3.63, 3.8) is 0 Å². The number of carboxylic acids is 2. The van der Waals surface area contributed by atoms with E-state index in [0.717, 1.165) is 17.3 Å². The molecule has 3 N–H and O–H groups in total. The van der Waals surface area contributed by atoms with Gasteiger partial charge in [0.1, 0.15) is 5.75 Å². The van der Waals surface area contributed by atoms with Gasteiger partial charge in [-0.15, -0.1) is 0 Å². The molecule has 9 heteroatoms. The van der Waals surface area contributed by atoms with Crippen molar-refractivity contribution >= 4 is 46.5 Å². The lowest BCUT2D eigenvalue weighted by Crippen LogP contribution is -2.22. The van der Waals surface area contributed by atoms with E-state index < -0.39 is 18.0 Å². The molecule has 30 heavy (non-hydrogen) atoms. The molecule has 0 spiro atoms. The molecule has 1 aliphatic rings. The number of amides is 1. The van der Waals surface area contributed by atoms with E-state index in [4.69, 9.17) is 9.84 Å². The van der Waals surface area contributed by atoms with Crippen LogP contribution in [0.4, 0.5) is 5.69 Å². The highest BCUT2D eigenvalue weighted by molar-refractivity contribution is 8.18. The minimum atomic E-state index is -1.10. The third-order valence-corrected chi connectivity index (χ3v) is 4.98. The van der Waals surface area contributed by atoms with Gasteiger partial charge in [0, 0.05) is 0 Å². The fourth-order valence-corrected chi connectivity index (χ4v) is 3.42. The molecule has 2 aromatic carbocycles. The Morgan fingerprint density at radius 2 is 1.97 bits per heavy atom. The van der Waals surface area contributed by atoms with Gasteiger partial charge < -0.3 is 20.3 Å². The highest BCUT2D eigenvalue weighted by atomic mass is 32.2. The summed E-state index contributed by atoms with van der Waals surface area (Å²) in [5.41, 5.74) is 1.78. The van der Waals surface area contributed by atoms with Gasteiger partial charge in [-0.3, -0.25) is 4.79 Å². The number of amidine groups is 1. The summed E-state index contributed by atoms with van der Waals surface area (Å²) in [6, 6.07) is 11.5. The van der Waals surface area contributed by atoms with Crippen molar-refractivity contribution in [1.29, 1.82) is 0 Å². The Bertz CT molecular complexity index is 1090. The van der Waals surface area contributed by atoms with Gasteiger partial charge in [-0.25, -0.2) is 14.6 Å². The third-order valence-electron chi connectivity index (χ3n) is 4.07. The van der Waals surface area contributed by atoms with E-state index in [9.17, 15) is 19.5 Å². The van der Waals surface area contributed by atoms with Crippen molar-refractivity contribution in [1.82, 2.24) is 5.32 Å². The summed E-state index contributed by atoms with van der Waals surface area (Å²) in [7, 11) is 0. The number of ether oxygens (including phenoxy) is 1. The maximum Gasteiger partial charge on any atom is 0.344 e. The zero-order valence-corrected chi connectivity index (χ0v) is 16.9. The number of aliphatic imine (C=N–C) groups is 1. The molecule has 0 radical (unpaired) electrons. The first-order chi connectivity index (χ1) is 14.2. The van der Waals surface area contributed by atoms with E-state index in [0.29, 0.717) is 16.2 Å². The van der Waals surface area contributed by atoms with Gasteiger partial charge in [0.05, 0.1) is 16.2 Å². The van der Waals surface area contributed by atoms with Crippen LogP contribution in [0.5, 0.6) is 5.75 Å². The van der Waals surface area contributed by atoms with E-state index in [1.807, 2.05) is 6.92 Å². The van der Waals surface area contributed by atoms with Crippen LogP contribution in [0.3, 0.4) is 0 Å². The molecule has 154 valence electrons. The molecule has 1 amide bonds. The molecule has 1 atom stereocenters. The zero-order chi connectivity index (χ0) is 21.8. The summed E-state index contributed by atoms with van der Waals surface area (Å²) < 4.78 is 5.34. The second-order valence-electron chi connectivity index (χ2n) is 6.48. The van der Waals surface area contributed by atoms with Gasteiger partial charge in [0.25, 0.3) is 5.91 Å². The summed E-state index contributed by atoms with van der Waals surface area (Å²) in [6.45, 7) is 3.24. The lowest BCUT2D eigenvalue weighted by atomic mass is 10.1. The molecule has 1 unspecified atom stereocenters. The largest absolute Gasteiger partial charge is 0.479 e. The smallest absolute Gasteiger partial charge is 0.344 e. The maximum atomic E-state index is 12.3. The maximum absolute atomic E-state index is 12.3. The molecule has 1 heterocycles. The second-order valence-corrected chi connectivity index (χ2v) is 7.51. The van der Waals surface area contributed by atoms with Crippen molar-refractivity contribution in [2.45, 2.75) is 20.0 Å². The number of aliphatic carboxylic acids is 1. The topological polar surface area (TPSA) is 125 Å². The third kappa shape index (κ3) is 5.06. The summed E-state index contributed by atoms with van der Waals surface area (Å²) in [5.74, 6) is -2.19. The molecular formula is C21H18N2O6S. The zero-order valence-electron chi connectivity index (χ0n) is 16.1. The number of carbonyl (C=O) groups excluding carboxylic acids is 1. The second kappa shape index (κ2) is 8.83. The van der Waals surface area contributed by atoms with Crippen LogP contribution in [0.2, 0.25) is 0 Å². The molecule has 3 rings (SSSR count). The number of hydrogen-bond donors (Lipinski definition) is 3. The Morgan fingerprint density at radius 3 is 2.67 bits per heavy atom. The monoisotopic (exact) mass is 426 g/mol. The van der Waals surface area contributed by atoms with Gasteiger partial charge in [0.2, 0.25) is 0 Å². The van der Waals surface area contributed by atoms with E-state index in [2.05, 4.69) is 10.3 Å². The quantitative estimate of drug-likeness (QED) is 0.604. The molecule has 1 aliphatic heterocycles. The number of thioether (sulfide) groups is 1. The van der Waals surface area contributed by atoms with Crippen LogP contribution >= 0.6 is 11.8 Å². The minimum Gasteiger partial charge on any atom is -0.479 e. The lowest BCUT2D eigenvalue weighted by Gasteiger charge is -2.10. The van der Waals surface area contributed by atoms with Crippen molar-refractivity contribution < 1.29 is 29.3 Å². The number of carbonyl (C=O) groups is 3. The predicted octanol–water partition coefficient (Wildman–Crippen LogP) is 3.44. The van der Waals surface area contributed by atoms with Crippen molar-refractivity contribution in [2.75, 3.05) is 0 Å².